The van der Waals surface area contributed by atoms with Gasteiger partial charge in [0, 0.05) is 18.5 Å². The summed E-state index contributed by atoms with van der Waals surface area (Å²) in [6.45, 7) is 3.19. The quantitative estimate of drug-likeness (QED) is 0.805. The van der Waals surface area contributed by atoms with Crippen molar-refractivity contribution in [2.24, 2.45) is 0 Å². The van der Waals surface area contributed by atoms with E-state index in [0.29, 0.717) is 0 Å². The number of para-hydroxylation sites is 1. The first-order valence-corrected chi connectivity index (χ1v) is 7.06. The largest absolute Gasteiger partial charge is 0.469 e. The molecule has 2 aromatic rings. The minimum absolute atomic E-state index is 0.198. The topological polar surface area (TPSA) is 51.7 Å². The van der Waals surface area contributed by atoms with Crippen LogP contribution in [0.15, 0.2) is 30.3 Å². The van der Waals surface area contributed by atoms with E-state index in [0.717, 1.165) is 48.6 Å². The van der Waals surface area contributed by atoms with Gasteiger partial charge in [0.2, 0.25) is 0 Å². The average Bonchev–Trinajstić information content (AvgIpc) is 2.55. The predicted octanol–water partition coefficient (Wildman–Crippen LogP) is 1.79. The van der Waals surface area contributed by atoms with Gasteiger partial charge < -0.3 is 14.4 Å². The molecule has 5 heteroatoms. The number of morpholine rings is 1. The van der Waals surface area contributed by atoms with Crippen molar-refractivity contribution in [3.8, 4) is 0 Å². The van der Waals surface area contributed by atoms with Gasteiger partial charge in [0.1, 0.15) is 0 Å². The van der Waals surface area contributed by atoms with E-state index in [4.69, 9.17) is 9.47 Å². The Bertz CT molecular complexity index is 651. The summed E-state index contributed by atoms with van der Waals surface area (Å²) in [5, 5.41) is 1.08. The number of esters is 1. The summed E-state index contributed by atoms with van der Waals surface area (Å²) in [6.07, 6.45) is 0.198. The van der Waals surface area contributed by atoms with Gasteiger partial charge in [-0.05, 0) is 12.1 Å². The number of rotatable bonds is 3. The van der Waals surface area contributed by atoms with E-state index in [-0.39, 0.29) is 12.4 Å². The second-order valence-electron chi connectivity index (χ2n) is 5.00. The van der Waals surface area contributed by atoms with Crippen LogP contribution in [-0.2, 0) is 20.7 Å². The van der Waals surface area contributed by atoms with Crippen molar-refractivity contribution >= 4 is 22.6 Å². The molecule has 0 bridgehead atoms. The summed E-state index contributed by atoms with van der Waals surface area (Å²) in [6, 6.07) is 10.0. The Morgan fingerprint density at radius 1 is 1.29 bits per heavy atom. The second kappa shape index (κ2) is 6.10. The van der Waals surface area contributed by atoms with Crippen LogP contribution in [0.5, 0.6) is 0 Å². The number of anilines is 1. The fourth-order valence-electron chi connectivity index (χ4n) is 2.55. The lowest BCUT2D eigenvalue weighted by atomic mass is 10.1. The van der Waals surface area contributed by atoms with Crippen LogP contribution in [0.1, 0.15) is 5.69 Å². The third-order valence-electron chi connectivity index (χ3n) is 3.66. The van der Waals surface area contributed by atoms with Gasteiger partial charge in [0.25, 0.3) is 0 Å². The van der Waals surface area contributed by atoms with Crippen molar-refractivity contribution < 1.29 is 14.3 Å². The third kappa shape index (κ3) is 2.97. The Morgan fingerprint density at radius 2 is 2.10 bits per heavy atom. The second-order valence-corrected chi connectivity index (χ2v) is 5.00. The first-order valence-electron chi connectivity index (χ1n) is 7.06. The summed E-state index contributed by atoms with van der Waals surface area (Å²) in [5.74, 6) is -0.272. The number of fused-ring (bicyclic) bond motifs is 1. The Labute approximate surface area is 123 Å². The molecule has 0 atom stereocenters. The molecule has 21 heavy (non-hydrogen) atoms. The number of aromatic nitrogens is 1. The zero-order chi connectivity index (χ0) is 14.7. The van der Waals surface area contributed by atoms with Gasteiger partial charge in [-0.3, -0.25) is 9.78 Å². The lowest BCUT2D eigenvalue weighted by molar-refractivity contribution is -0.139. The van der Waals surface area contributed by atoms with Crippen LogP contribution in [-0.4, -0.2) is 44.4 Å². The predicted molar refractivity (Wildman–Crippen MR) is 80.5 cm³/mol. The molecule has 0 spiro atoms. The van der Waals surface area contributed by atoms with Crippen LogP contribution in [0, 0.1) is 0 Å². The normalized spacial score (nSPS) is 15.2. The number of benzene rings is 1. The molecule has 0 aliphatic carbocycles. The van der Waals surface area contributed by atoms with Crippen molar-refractivity contribution in [3.63, 3.8) is 0 Å². The molecule has 2 heterocycles. The molecule has 110 valence electrons. The SMILES string of the molecule is COC(=O)Cc1ccc2cccc(N3CCOCC3)c2n1. The molecule has 0 unspecified atom stereocenters. The summed E-state index contributed by atoms with van der Waals surface area (Å²) in [7, 11) is 1.39. The molecular weight excluding hydrogens is 268 g/mol. The first-order chi connectivity index (χ1) is 10.3. The zero-order valence-corrected chi connectivity index (χ0v) is 12.0. The van der Waals surface area contributed by atoms with E-state index in [2.05, 4.69) is 16.0 Å². The standard InChI is InChI=1S/C16H18N2O3/c1-20-15(19)11-13-6-5-12-3-2-4-14(16(12)17-13)18-7-9-21-10-8-18/h2-6H,7-11H2,1H3. The highest BCUT2D eigenvalue weighted by molar-refractivity contribution is 5.91. The third-order valence-corrected chi connectivity index (χ3v) is 3.66. The minimum Gasteiger partial charge on any atom is -0.469 e. The van der Waals surface area contributed by atoms with E-state index in [9.17, 15) is 4.79 Å². The highest BCUT2D eigenvalue weighted by Gasteiger charge is 2.15. The van der Waals surface area contributed by atoms with Crippen LogP contribution in [0.25, 0.3) is 10.9 Å². The van der Waals surface area contributed by atoms with Crippen molar-refractivity contribution in [2.45, 2.75) is 6.42 Å². The average molecular weight is 286 g/mol. The maximum Gasteiger partial charge on any atom is 0.311 e. The van der Waals surface area contributed by atoms with E-state index in [1.807, 2.05) is 24.3 Å². The van der Waals surface area contributed by atoms with E-state index in [1.54, 1.807) is 0 Å². The van der Waals surface area contributed by atoms with Crippen LogP contribution >= 0.6 is 0 Å². The first kappa shape index (κ1) is 13.8. The smallest absolute Gasteiger partial charge is 0.311 e. The van der Waals surface area contributed by atoms with Crippen LogP contribution in [0.4, 0.5) is 5.69 Å². The summed E-state index contributed by atoms with van der Waals surface area (Å²) < 4.78 is 10.1. The van der Waals surface area contributed by atoms with Crippen LogP contribution in [0.3, 0.4) is 0 Å². The number of carbonyl (C=O) groups is 1. The van der Waals surface area contributed by atoms with Crippen molar-refractivity contribution in [1.29, 1.82) is 0 Å². The maximum atomic E-state index is 11.4. The van der Waals surface area contributed by atoms with E-state index < -0.39 is 0 Å². The van der Waals surface area contributed by atoms with E-state index in [1.165, 1.54) is 7.11 Å². The highest BCUT2D eigenvalue weighted by Crippen LogP contribution is 2.26. The molecule has 1 fully saturated rings. The minimum atomic E-state index is -0.272. The number of methoxy groups -OCH3 is 1. The monoisotopic (exact) mass is 286 g/mol. The van der Waals surface area contributed by atoms with Gasteiger partial charge in [0.15, 0.2) is 0 Å². The molecule has 3 rings (SSSR count). The zero-order valence-electron chi connectivity index (χ0n) is 12.0. The van der Waals surface area contributed by atoms with Crippen molar-refractivity contribution in [3.05, 3.63) is 36.0 Å². The van der Waals surface area contributed by atoms with Crippen LogP contribution < -0.4 is 4.90 Å². The summed E-state index contributed by atoms with van der Waals surface area (Å²) in [5.41, 5.74) is 2.76. The summed E-state index contributed by atoms with van der Waals surface area (Å²) >= 11 is 0. The van der Waals surface area contributed by atoms with Crippen molar-refractivity contribution in [1.82, 2.24) is 4.98 Å². The molecule has 1 aromatic heterocycles. The van der Waals surface area contributed by atoms with Gasteiger partial charge in [0.05, 0.1) is 43.6 Å². The fraction of sp³-hybridized carbons (Fsp3) is 0.375. The molecule has 0 amide bonds. The number of nitrogens with zero attached hydrogens (tertiary/aromatic N) is 2. The lowest BCUT2D eigenvalue weighted by Crippen LogP contribution is -2.36. The number of carbonyl (C=O) groups excluding carboxylic acids is 1. The molecule has 0 saturated carbocycles. The highest BCUT2D eigenvalue weighted by atomic mass is 16.5. The molecule has 1 aromatic carbocycles. The Balaban J connectivity index is 1.99. The number of ether oxygens (including phenoxy) is 2. The molecular formula is C16H18N2O3. The summed E-state index contributed by atoms with van der Waals surface area (Å²) in [4.78, 5) is 18.3. The van der Waals surface area contributed by atoms with Crippen molar-refractivity contribution in [2.75, 3.05) is 38.3 Å². The fourth-order valence-corrected chi connectivity index (χ4v) is 2.55. The van der Waals surface area contributed by atoms with E-state index >= 15 is 0 Å². The Kier molecular flexibility index (Phi) is 4.01. The van der Waals surface area contributed by atoms with Gasteiger partial charge in [-0.1, -0.05) is 18.2 Å². The molecule has 1 aliphatic rings. The Hall–Kier alpha value is -2.14. The Morgan fingerprint density at radius 3 is 2.86 bits per heavy atom. The van der Waals surface area contributed by atoms with Gasteiger partial charge in [-0.15, -0.1) is 0 Å². The van der Waals surface area contributed by atoms with Gasteiger partial charge >= 0.3 is 5.97 Å². The molecule has 5 nitrogen and oxygen atoms in total. The molecule has 0 radical (unpaired) electrons. The molecule has 1 aliphatic heterocycles. The maximum absolute atomic E-state index is 11.4. The van der Waals surface area contributed by atoms with Gasteiger partial charge in [-0.2, -0.15) is 0 Å². The number of pyridine rings is 1. The van der Waals surface area contributed by atoms with Gasteiger partial charge in [-0.25, -0.2) is 0 Å². The molecule has 0 N–H and O–H groups in total. The number of hydrogen-bond acceptors (Lipinski definition) is 5. The lowest BCUT2D eigenvalue weighted by Gasteiger charge is -2.29. The van der Waals surface area contributed by atoms with Crippen LogP contribution in [0.2, 0.25) is 0 Å². The molecule has 1 saturated heterocycles. The number of hydrogen-bond donors (Lipinski definition) is 0.